The van der Waals surface area contributed by atoms with Crippen molar-refractivity contribution in [2.75, 3.05) is 33.7 Å². The third-order valence-electron chi connectivity index (χ3n) is 5.28. The first-order chi connectivity index (χ1) is 10.7. The molecule has 1 heterocycles. The molecule has 1 unspecified atom stereocenters. The molecular weight excluding hydrogens is 298 g/mol. The van der Waals surface area contributed by atoms with Gasteiger partial charge < -0.3 is 20.2 Å². The Kier molecular flexibility index (Phi) is 4.87. The molecule has 23 heavy (non-hydrogen) atoms. The Balaban J connectivity index is 1.96. The van der Waals surface area contributed by atoms with E-state index in [1.165, 1.54) is 4.90 Å². The van der Waals surface area contributed by atoms with E-state index in [2.05, 4.69) is 5.32 Å². The number of nitrogens with zero attached hydrogens (tertiary/aromatic N) is 2. The van der Waals surface area contributed by atoms with Crippen LogP contribution >= 0.6 is 0 Å². The molecule has 1 aliphatic carbocycles. The van der Waals surface area contributed by atoms with Crippen LogP contribution in [0.15, 0.2) is 0 Å². The highest BCUT2D eigenvalue weighted by atomic mass is 16.4. The molecule has 7 nitrogen and oxygen atoms in total. The molecule has 1 saturated heterocycles. The van der Waals surface area contributed by atoms with Crippen LogP contribution < -0.4 is 5.32 Å². The summed E-state index contributed by atoms with van der Waals surface area (Å²) in [5, 5.41) is 12.1. The maximum Gasteiger partial charge on any atom is 0.317 e. The second-order valence-electron chi connectivity index (χ2n) is 7.38. The van der Waals surface area contributed by atoms with Gasteiger partial charge in [-0.05, 0) is 26.2 Å². The summed E-state index contributed by atoms with van der Waals surface area (Å²) < 4.78 is 0. The zero-order valence-electron chi connectivity index (χ0n) is 14.2. The number of rotatable bonds is 4. The lowest BCUT2D eigenvalue weighted by Crippen LogP contribution is -2.49. The minimum absolute atomic E-state index is 0.0621. The summed E-state index contributed by atoms with van der Waals surface area (Å²) in [4.78, 5) is 39.2. The summed E-state index contributed by atoms with van der Waals surface area (Å²) in [6.07, 6.45) is 4.03. The van der Waals surface area contributed by atoms with E-state index in [4.69, 9.17) is 0 Å². The molecule has 1 atom stereocenters. The van der Waals surface area contributed by atoms with Crippen molar-refractivity contribution >= 4 is 17.9 Å². The van der Waals surface area contributed by atoms with Crippen molar-refractivity contribution in [3.63, 3.8) is 0 Å². The molecule has 0 aromatic heterocycles. The summed E-state index contributed by atoms with van der Waals surface area (Å²) in [7, 11) is 3.48. The molecule has 1 aliphatic heterocycles. The van der Waals surface area contributed by atoms with Crippen molar-refractivity contribution in [1.29, 1.82) is 0 Å². The van der Waals surface area contributed by atoms with Gasteiger partial charge in [0.25, 0.3) is 0 Å². The van der Waals surface area contributed by atoms with Gasteiger partial charge in [-0.2, -0.15) is 0 Å². The molecule has 2 rings (SSSR count). The number of urea groups is 1. The minimum atomic E-state index is -0.873. The fourth-order valence-corrected chi connectivity index (χ4v) is 3.66. The fraction of sp³-hybridized carbons (Fsp3) is 0.812. The van der Waals surface area contributed by atoms with Gasteiger partial charge in [0.1, 0.15) is 0 Å². The zero-order valence-corrected chi connectivity index (χ0v) is 14.2. The largest absolute Gasteiger partial charge is 0.481 e. The van der Waals surface area contributed by atoms with E-state index < -0.39 is 16.8 Å². The van der Waals surface area contributed by atoms with Gasteiger partial charge in [0.05, 0.1) is 10.8 Å². The van der Waals surface area contributed by atoms with Gasteiger partial charge in [-0.25, -0.2) is 4.79 Å². The van der Waals surface area contributed by atoms with Gasteiger partial charge in [0, 0.05) is 33.7 Å². The Hall–Kier alpha value is -1.79. The lowest BCUT2D eigenvalue weighted by molar-refractivity contribution is -0.147. The standard InChI is InChI=1S/C16H27N3O4/c1-15(13(21)22)8-9-19(11-15)14(23)17-10-16(6-4-5-7-16)12(20)18(2)3/h4-11H2,1-3H3,(H,17,23)(H,21,22). The molecule has 2 aliphatic rings. The summed E-state index contributed by atoms with van der Waals surface area (Å²) in [5.41, 5.74) is -1.38. The van der Waals surface area contributed by atoms with Gasteiger partial charge in [-0.3, -0.25) is 9.59 Å². The molecule has 1 saturated carbocycles. The average Bonchev–Trinajstić information content (AvgIpc) is 3.12. The van der Waals surface area contributed by atoms with E-state index in [-0.39, 0.29) is 18.5 Å². The highest BCUT2D eigenvalue weighted by molar-refractivity contribution is 5.84. The van der Waals surface area contributed by atoms with Gasteiger partial charge in [-0.1, -0.05) is 12.8 Å². The fourth-order valence-electron chi connectivity index (χ4n) is 3.66. The van der Waals surface area contributed by atoms with E-state index in [1.54, 1.807) is 25.9 Å². The normalized spacial score (nSPS) is 26.1. The number of nitrogens with one attached hydrogen (secondary N) is 1. The molecule has 0 spiro atoms. The van der Waals surface area contributed by atoms with Gasteiger partial charge in [-0.15, -0.1) is 0 Å². The van der Waals surface area contributed by atoms with Gasteiger partial charge in [0.15, 0.2) is 0 Å². The first-order valence-electron chi connectivity index (χ1n) is 8.18. The van der Waals surface area contributed by atoms with Crippen LogP contribution in [-0.4, -0.2) is 66.5 Å². The second-order valence-corrected chi connectivity index (χ2v) is 7.38. The molecule has 2 fully saturated rings. The quantitative estimate of drug-likeness (QED) is 0.811. The first kappa shape index (κ1) is 17.6. The summed E-state index contributed by atoms with van der Waals surface area (Å²) in [6, 6.07) is -0.271. The summed E-state index contributed by atoms with van der Waals surface area (Å²) >= 11 is 0. The monoisotopic (exact) mass is 325 g/mol. The van der Waals surface area contributed by atoms with Crippen molar-refractivity contribution in [3.05, 3.63) is 0 Å². The molecule has 0 aromatic rings. The van der Waals surface area contributed by atoms with Gasteiger partial charge in [0.2, 0.25) is 5.91 Å². The van der Waals surface area contributed by atoms with E-state index in [0.717, 1.165) is 25.7 Å². The Labute approximate surface area is 137 Å². The molecule has 0 aromatic carbocycles. The maximum atomic E-state index is 12.5. The predicted octanol–water partition coefficient (Wildman–Crippen LogP) is 1.14. The number of aliphatic carboxylic acids is 1. The molecule has 0 bridgehead atoms. The number of likely N-dealkylation sites (tertiary alicyclic amines) is 1. The zero-order chi connectivity index (χ0) is 17.3. The second kappa shape index (κ2) is 6.37. The number of hydrogen-bond donors (Lipinski definition) is 2. The smallest absolute Gasteiger partial charge is 0.317 e. The van der Waals surface area contributed by atoms with Crippen LogP contribution in [0.5, 0.6) is 0 Å². The Bertz CT molecular complexity index is 500. The van der Waals surface area contributed by atoms with Crippen molar-refractivity contribution in [2.24, 2.45) is 10.8 Å². The number of carbonyl (C=O) groups is 3. The van der Waals surface area contributed by atoms with Crippen molar-refractivity contribution in [1.82, 2.24) is 15.1 Å². The van der Waals surface area contributed by atoms with Crippen LogP contribution in [0.25, 0.3) is 0 Å². The molecule has 3 amide bonds. The van der Waals surface area contributed by atoms with Crippen molar-refractivity contribution < 1.29 is 19.5 Å². The highest BCUT2D eigenvalue weighted by Gasteiger charge is 2.44. The molecule has 7 heteroatoms. The predicted molar refractivity (Wildman–Crippen MR) is 84.9 cm³/mol. The van der Waals surface area contributed by atoms with E-state index in [0.29, 0.717) is 19.5 Å². The van der Waals surface area contributed by atoms with Crippen LogP contribution in [0.1, 0.15) is 39.0 Å². The Morgan fingerprint density at radius 3 is 2.26 bits per heavy atom. The minimum Gasteiger partial charge on any atom is -0.481 e. The van der Waals surface area contributed by atoms with Crippen molar-refractivity contribution in [3.8, 4) is 0 Å². The molecule has 2 N–H and O–H groups in total. The van der Waals surface area contributed by atoms with Crippen LogP contribution in [0.4, 0.5) is 4.79 Å². The molecule has 130 valence electrons. The van der Waals surface area contributed by atoms with Gasteiger partial charge >= 0.3 is 12.0 Å². The van der Waals surface area contributed by atoms with E-state index in [9.17, 15) is 19.5 Å². The SMILES string of the molecule is CN(C)C(=O)C1(CNC(=O)N2CCC(C)(C(=O)O)C2)CCCC1. The summed E-state index contributed by atoms with van der Waals surface area (Å²) in [6.45, 7) is 2.63. The lowest BCUT2D eigenvalue weighted by Gasteiger charge is -2.31. The van der Waals surface area contributed by atoms with Crippen LogP contribution in [0.2, 0.25) is 0 Å². The molecule has 0 radical (unpaired) electrons. The van der Waals surface area contributed by atoms with Crippen molar-refractivity contribution in [2.45, 2.75) is 39.0 Å². The first-order valence-corrected chi connectivity index (χ1v) is 8.18. The number of carboxylic acid groups (broad SMARTS) is 1. The number of hydrogen-bond acceptors (Lipinski definition) is 3. The van der Waals surface area contributed by atoms with Crippen LogP contribution in [0.3, 0.4) is 0 Å². The van der Waals surface area contributed by atoms with Crippen LogP contribution in [-0.2, 0) is 9.59 Å². The third kappa shape index (κ3) is 3.43. The Morgan fingerprint density at radius 1 is 1.17 bits per heavy atom. The maximum absolute atomic E-state index is 12.5. The summed E-state index contributed by atoms with van der Waals surface area (Å²) in [5.74, 6) is -0.810. The lowest BCUT2D eigenvalue weighted by atomic mass is 9.84. The van der Waals surface area contributed by atoms with E-state index in [1.807, 2.05) is 0 Å². The number of amides is 3. The highest BCUT2D eigenvalue weighted by Crippen LogP contribution is 2.39. The molecular formula is C16H27N3O4. The third-order valence-corrected chi connectivity index (χ3v) is 5.28. The average molecular weight is 325 g/mol. The topological polar surface area (TPSA) is 90.0 Å². The number of carboxylic acids is 1. The Morgan fingerprint density at radius 2 is 1.78 bits per heavy atom. The van der Waals surface area contributed by atoms with Crippen LogP contribution in [0, 0.1) is 10.8 Å². The van der Waals surface area contributed by atoms with E-state index >= 15 is 0 Å². The number of carbonyl (C=O) groups excluding carboxylic acids is 2.